The van der Waals surface area contributed by atoms with Crippen LogP contribution in [0.2, 0.25) is 0 Å². The van der Waals surface area contributed by atoms with Crippen LogP contribution in [0.5, 0.6) is 0 Å². The van der Waals surface area contributed by atoms with Crippen molar-refractivity contribution in [3.8, 4) is 0 Å². The molecule has 0 saturated carbocycles. The van der Waals surface area contributed by atoms with Gasteiger partial charge in [0.25, 0.3) is 0 Å². The molecule has 0 bridgehead atoms. The first-order valence-corrected chi connectivity index (χ1v) is 6.26. The van der Waals surface area contributed by atoms with Crippen LogP contribution in [0.1, 0.15) is 13.8 Å². The van der Waals surface area contributed by atoms with Crippen LogP contribution in [0.4, 0.5) is 0 Å². The van der Waals surface area contributed by atoms with E-state index in [0.717, 1.165) is 0 Å². The zero-order valence-electron chi connectivity index (χ0n) is 9.60. The molecule has 0 aromatic heterocycles. The Morgan fingerprint density at radius 3 is 1.93 bits per heavy atom. The van der Waals surface area contributed by atoms with Gasteiger partial charge in [-0.3, -0.25) is 0 Å². The fraction of sp³-hybridized carbons (Fsp3) is 0.875. The van der Waals surface area contributed by atoms with Crippen LogP contribution in [0.25, 0.3) is 0 Å². The van der Waals surface area contributed by atoms with Gasteiger partial charge in [0.2, 0.25) is 0 Å². The first kappa shape index (κ1) is 13.0. The van der Waals surface area contributed by atoms with Gasteiger partial charge >= 0.3 is 88.3 Å². The molecule has 0 aliphatic carbocycles. The second-order valence-electron chi connectivity index (χ2n) is 3.44. The number of hydrogen-bond acceptors (Lipinski definition) is 6. The molecule has 1 saturated heterocycles. The molecule has 1 unspecified atom stereocenters. The van der Waals surface area contributed by atoms with Crippen molar-refractivity contribution >= 4 is 13.5 Å². The number of rotatable bonds is 4. The summed E-state index contributed by atoms with van der Waals surface area (Å²) >= 11 is 0. The molecule has 1 rings (SSSR count). The SMILES string of the molecule is COP1(OC)(OC)OCC(C)(C(C)=O)O1. The van der Waals surface area contributed by atoms with E-state index in [4.69, 9.17) is 22.6 Å². The molecule has 7 heteroatoms. The van der Waals surface area contributed by atoms with E-state index in [0.29, 0.717) is 0 Å². The van der Waals surface area contributed by atoms with Crippen molar-refractivity contribution < 1.29 is 27.4 Å². The Labute approximate surface area is 89.1 Å². The minimum absolute atomic E-state index is 0.0513. The summed E-state index contributed by atoms with van der Waals surface area (Å²) in [5.41, 5.74) is -1.08. The molecule has 15 heavy (non-hydrogen) atoms. The molecular formula is C8H17O6P. The van der Waals surface area contributed by atoms with E-state index >= 15 is 0 Å². The first-order valence-electron chi connectivity index (χ1n) is 4.44. The molecule has 1 atom stereocenters. The Kier molecular flexibility index (Phi) is 3.23. The van der Waals surface area contributed by atoms with E-state index in [1.807, 2.05) is 0 Å². The Bertz CT molecular complexity index is 265. The molecule has 0 amide bonds. The monoisotopic (exact) mass is 240 g/mol. The van der Waals surface area contributed by atoms with Crippen molar-refractivity contribution in [1.29, 1.82) is 0 Å². The third-order valence-electron chi connectivity index (χ3n) is 2.54. The summed E-state index contributed by atoms with van der Waals surface area (Å²) in [6.45, 7) is 3.08. The van der Waals surface area contributed by atoms with Gasteiger partial charge in [-0.1, -0.05) is 0 Å². The van der Waals surface area contributed by atoms with E-state index < -0.39 is 13.3 Å². The van der Waals surface area contributed by atoms with Crippen LogP contribution in [-0.4, -0.2) is 39.3 Å². The van der Waals surface area contributed by atoms with Gasteiger partial charge in [0, 0.05) is 0 Å². The first-order chi connectivity index (χ1) is 6.85. The van der Waals surface area contributed by atoms with Crippen LogP contribution in [-0.2, 0) is 27.4 Å². The fourth-order valence-electron chi connectivity index (χ4n) is 1.27. The molecule has 0 aromatic rings. The maximum absolute atomic E-state index is 11.4. The van der Waals surface area contributed by atoms with Crippen molar-refractivity contribution in [3.63, 3.8) is 0 Å². The van der Waals surface area contributed by atoms with Crippen LogP contribution in [0.15, 0.2) is 0 Å². The van der Waals surface area contributed by atoms with Crippen molar-refractivity contribution in [2.75, 3.05) is 27.9 Å². The van der Waals surface area contributed by atoms with E-state index in [1.165, 1.54) is 28.3 Å². The predicted molar refractivity (Wildman–Crippen MR) is 54.1 cm³/mol. The van der Waals surface area contributed by atoms with Crippen LogP contribution < -0.4 is 0 Å². The number of hydrogen-bond donors (Lipinski definition) is 0. The average molecular weight is 240 g/mol. The Balaban J connectivity index is 3.05. The summed E-state index contributed by atoms with van der Waals surface area (Å²) in [4.78, 5) is 11.4. The molecule has 1 heterocycles. The summed E-state index contributed by atoms with van der Waals surface area (Å²) in [5, 5.41) is 0. The van der Waals surface area contributed by atoms with Gasteiger partial charge in [-0.25, -0.2) is 0 Å². The quantitative estimate of drug-likeness (QED) is 0.693. The third-order valence-corrected chi connectivity index (χ3v) is 5.58. The fourth-order valence-corrected chi connectivity index (χ4v) is 3.61. The summed E-state index contributed by atoms with van der Waals surface area (Å²) < 4.78 is 26.3. The van der Waals surface area contributed by atoms with Gasteiger partial charge in [0.05, 0.1) is 0 Å². The average Bonchev–Trinajstić information content (AvgIpc) is 2.57. The van der Waals surface area contributed by atoms with Crippen molar-refractivity contribution in [2.24, 2.45) is 0 Å². The molecule has 0 radical (unpaired) electrons. The van der Waals surface area contributed by atoms with E-state index in [-0.39, 0.29) is 12.4 Å². The Hall–Kier alpha value is -0.1000. The summed E-state index contributed by atoms with van der Waals surface area (Å²) in [6.07, 6.45) is 0. The van der Waals surface area contributed by atoms with Gasteiger partial charge in [-0.15, -0.1) is 0 Å². The van der Waals surface area contributed by atoms with Crippen molar-refractivity contribution in [3.05, 3.63) is 0 Å². The standard InChI is InChI=1S/C8H17O6P/c1-7(9)8(2)6-13-15(10-3,11-4,12-5)14-8/h6H2,1-5H3. The number of Topliss-reactive ketones (excluding diaryl/α,β-unsaturated/α-hetero) is 1. The van der Waals surface area contributed by atoms with Gasteiger partial charge in [-0.05, 0) is 0 Å². The zero-order chi connectivity index (χ0) is 11.8. The molecule has 1 fully saturated rings. The Morgan fingerprint density at radius 2 is 1.73 bits per heavy atom. The van der Waals surface area contributed by atoms with Crippen LogP contribution in [0, 0.1) is 0 Å². The second kappa shape index (κ2) is 3.73. The molecule has 1 aliphatic heterocycles. The number of carbonyl (C=O) groups is 1. The van der Waals surface area contributed by atoms with Crippen LogP contribution in [0.3, 0.4) is 0 Å². The number of ketones is 1. The molecule has 6 nitrogen and oxygen atoms in total. The van der Waals surface area contributed by atoms with Crippen molar-refractivity contribution in [2.45, 2.75) is 19.4 Å². The molecular weight excluding hydrogens is 223 g/mol. The molecule has 1 aliphatic rings. The van der Waals surface area contributed by atoms with Gasteiger partial charge in [0.15, 0.2) is 0 Å². The summed E-state index contributed by atoms with van der Waals surface area (Å²) in [5.74, 6) is -0.167. The van der Waals surface area contributed by atoms with Gasteiger partial charge in [0.1, 0.15) is 0 Å². The molecule has 90 valence electrons. The number of carbonyl (C=O) groups excluding carboxylic acids is 1. The maximum atomic E-state index is 11.4. The third kappa shape index (κ3) is 1.82. The molecule has 0 N–H and O–H groups in total. The predicted octanol–water partition coefficient (Wildman–Crippen LogP) is 1.45. The van der Waals surface area contributed by atoms with E-state index in [2.05, 4.69) is 0 Å². The summed E-state index contributed by atoms with van der Waals surface area (Å²) in [7, 11) is 0.0773. The van der Waals surface area contributed by atoms with E-state index in [1.54, 1.807) is 6.92 Å². The van der Waals surface area contributed by atoms with Gasteiger partial charge < -0.3 is 0 Å². The topological polar surface area (TPSA) is 63.2 Å². The summed E-state index contributed by atoms with van der Waals surface area (Å²) in [6, 6.07) is 0. The normalized spacial score (nSPS) is 35.7. The Morgan fingerprint density at radius 1 is 1.27 bits per heavy atom. The van der Waals surface area contributed by atoms with Gasteiger partial charge in [-0.2, -0.15) is 0 Å². The minimum atomic E-state index is -4.00. The van der Waals surface area contributed by atoms with E-state index in [9.17, 15) is 4.79 Å². The second-order valence-corrected chi connectivity index (χ2v) is 6.47. The van der Waals surface area contributed by atoms with Crippen molar-refractivity contribution in [1.82, 2.24) is 0 Å². The molecule has 0 spiro atoms. The van der Waals surface area contributed by atoms with Crippen LogP contribution >= 0.6 is 7.74 Å². The zero-order valence-corrected chi connectivity index (χ0v) is 10.5. The molecule has 0 aromatic carbocycles.